The van der Waals surface area contributed by atoms with Crippen LogP contribution in [0.1, 0.15) is 29.9 Å². The normalized spacial score (nSPS) is 17.7. The smallest absolute Gasteiger partial charge is 0.296 e. The lowest BCUT2D eigenvalue weighted by Crippen LogP contribution is -2.29. The molecule has 4 rings (SSSR count). The van der Waals surface area contributed by atoms with Crippen LogP contribution in [0.15, 0.2) is 70.9 Å². The van der Waals surface area contributed by atoms with Crippen LogP contribution in [0.3, 0.4) is 0 Å². The zero-order valence-corrected chi connectivity index (χ0v) is 17.8. The third-order valence-electron chi connectivity index (χ3n) is 5.15. The number of halogens is 2. The van der Waals surface area contributed by atoms with Crippen LogP contribution in [0, 0.1) is 5.82 Å². The Bertz CT molecular complexity index is 1200. The van der Waals surface area contributed by atoms with Crippen molar-refractivity contribution < 1.29 is 28.2 Å². The minimum absolute atomic E-state index is 0.0720. The van der Waals surface area contributed by atoms with E-state index in [2.05, 4.69) is 0 Å². The fourth-order valence-electron chi connectivity index (χ4n) is 3.71. The van der Waals surface area contributed by atoms with E-state index < -0.39 is 29.3 Å². The van der Waals surface area contributed by atoms with Gasteiger partial charge < -0.3 is 19.2 Å². The number of hydrogen-bond donors (Lipinski definition) is 1. The molecule has 8 heteroatoms. The topological polar surface area (TPSA) is 80.0 Å². The van der Waals surface area contributed by atoms with Gasteiger partial charge in [-0.25, -0.2) is 4.39 Å². The summed E-state index contributed by atoms with van der Waals surface area (Å²) in [6, 6.07) is 12.4. The van der Waals surface area contributed by atoms with Crippen molar-refractivity contribution in [3.63, 3.8) is 0 Å². The molecule has 1 fully saturated rings. The molecule has 2 aromatic carbocycles. The van der Waals surface area contributed by atoms with Crippen LogP contribution in [0.2, 0.25) is 5.02 Å². The maximum Gasteiger partial charge on any atom is 0.296 e. The number of aliphatic hydroxyl groups excluding tert-OH is 1. The Labute approximate surface area is 188 Å². The summed E-state index contributed by atoms with van der Waals surface area (Å²) in [6.07, 6.45) is 1.44. The van der Waals surface area contributed by atoms with Gasteiger partial charge >= 0.3 is 0 Å². The van der Waals surface area contributed by atoms with E-state index in [1.165, 1.54) is 41.5 Å². The van der Waals surface area contributed by atoms with Gasteiger partial charge in [-0.3, -0.25) is 9.59 Å². The number of aliphatic hydroxyl groups is 1. The molecule has 164 valence electrons. The molecule has 0 bridgehead atoms. The SMILES string of the molecule is CCOc1ccc(/C(O)=C2/C(=O)C(=O)N(Cc3ccco3)C2c2ccccc2F)cc1Cl. The number of hydrogen-bond acceptors (Lipinski definition) is 5. The van der Waals surface area contributed by atoms with E-state index in [1.807, 2.05) is 0 Å². The minimum atomic E-state index is -1.15. The second kappa shape index (κ2) is 8.88. The van der Waals surface area contributed by atoms with Gasteiger partial charge in [0.2, 0.25) is 0 Å². The molecular weight excluding hydrogens is 437 g/mol. The number of rotatable bonds is 6. The van der Waals surface area contributed by atoms with Crippen LogP contribution in [0.25, 0.3) is 5.76 Å². The highest BCUT2D eigenvalue weighted by Gasteiger charge is 2.47. The summed E-state index contributed by atoms with van der Waals surface area (Å²) >= 11 is 6.23. The largest absolute Gasteiger partial charge is 0.507 e. The van der Waals surface area contributed by atoms with Crippen molar-refractivity contribution in [2.45, 2.75) is 19.5 Å². The third kappa shape index (κ3) is 3.87. The van der Waals surface area contributed by atoms with E-state index >= 15 is 0 Å². The van der Waals surface area contributed by atoms with Crippen molar-refractivity contribution in [3.8, 4) is 5.75 Å². The summed E-state index contributed by atoms with van der Waals surface area (Å²) in [5, 5.41) is 11.3. The third-order valence-corrected chi connectivity index (χ3v) is 5.45. The Kier molecular flexibility index (Phi) is 6.01. The predicted molar refractivity (Wildman–Crippen MR) is 116 cm³/mol. The summed E-state index contributed by atoms with van der Waals surface area (Å²) in [6.45, 7) is 2.13. The molecule has 0 spiro atoms. The quantitative estimate of drug-likeness (QED) is 0.318. The van der Waals surface area contributed by atoms with Crippen LogP contribution in [-0.4, -0.2) is 28.3 Å². The lowest BCUT2D eigenvalue weighted by atomic mass is 9.95. The molecule has 1 N–H and O–H groups in total. The molecular formula is C24H19ClFNO5. The number of ketones is 1. The number of carbonyl (C=O) groups excluding carboxylic acids is 2. The molecule has 1 aliphatic heterocycles. The zero-order valence-electron chi connectivity index (χ0n) is 17.0. The molecule has 1 unspecified atom stereocenters. The Morgan fingerprint density at radius 2 is 1.97 bits per heavy atom. The average Bonchev–Trinajstić information content (AvgIpc) is 3.38. The van der Waals surface area contributed by atoms with Crippen LogP contribution in [0.4, 0.5) is 4.39 Å². The summed E-state index contributed by atoms with van der Waals surface area (Å²) in [5.74, 6) is -2.03. The first kappa shape index (κ1) is 21.6. The van der Waals surface area contributed by atoms with E-state index in [9.17, 15) is 19.1 Å². The molecule has 0 saturated carbocycles. The Morgan fingerprint density at radius 1 is 1.19 bits per heavy atom. The van der Waals surface area contributed by atoms with Gasteiger partial charge in [0.1, 0.15) is 23.1 Å². The van der Waals surface area contributed by atoms with Crippen molar-refractivity contribution in [2.75, 3.05) is 6.61 Å². The minimum Gasteiger partial charge on any atom is -0.507 e. The monoisotopic (exact) mass is 455 g/mol. The predicted octanol–water partition coefficient (Wildman–Crippen LogP) is 5.09. The highest BCUT2D eigenvalue weighted by atomic mass is 35.5. The van der Waals surface area contributed by atoms with Crippen molar-refractivity contribution >= 4 is 29.1 Å². The van der Waals surface area contributed by atoms with Crippen LogP contribution >= 0.6 is 11.6 Å². The number of amides is 1. The molecule has 3 aromatic rings. The van der Waals surface area contributed by atoms with E-state index in [0.717, 1.165) is 0 Å². The number of Topliss-reactive ketones (excluding diaryl/α,β-unsaturated/α-hetero) is 1. The van der Waals surface area contributed by atoms with Crippen molar-refractivity contribution in [1.82, 2.24) is 4.90 Å². The molecule has 6 nitrogen and oxygen atoms in total. The average molecular weight is 456 g/mol. The van der Waals surface area contributed by atoms with Gasteiger partial charge in [0.25, 0.3) is 11.7 Å². The molecule has 1 aliphatic rings. The van der Waals surface area contributed by atoms with Crippen LogP contribution in [-0.2, 0) is 16.1 Å². The van der Waals surface area contributed by atoms with Crippen LogP contribution in [0.5, 0.6) is 5.75 Å². The number of furan rings is 1. The van der Waals surface area contributed by atoms with Gasteiger partial charge in [-0.2, -0.15) is 0 Å². The highest BCUT2D eigenvalue weighted by molar-refractivity contribution is 6.46. The Balaban J connectivity index is 1.86. The lowest BCUT2D eigenvalue weighted by Gasteiger charge is -2.24. The molecule has 0 radical (unpaired) electrons. The first-order chi connectivity index (χ1) is 15.4. The Morgan fingerprint density at radius 3 is 2.62 bits per heavy atom. The van der Waals surface area contributed by atoms with Crippen molar-refractivity contribution in [2.24, 2.45) is 0 Å². The molecule has 32 heavy (non-hydrogen) atoms. The standard InChI is InChI=1S/C24H19ClFNO5/c1-2-31-19-10-9-14(12-17(19)25)22(28)20-21(16-7-3-4-8-18(16)26)27(24(30)23(20)29)13-15-6-5-11-32-15/h3-12,21,28H,2,13H2,1H3/b22-20-. The van der Waals surface area contributed by atoms with Gasteiger partial charge in [0.15, 0.2) is 0 Å². The van der Waals surface area contributed by atoms with E-state index in [0.29, 0.717) is 18.1 Å². The maximum atomic E-state index is 14.8. The lowest BCUT2D eigenvalue weighted by molar-refractivity contribution is -0.140. The van der Waals surface area contributed by atoms with E-state index in [4.69, 9.17) is 20.8 Å². The summed E-state index contributed by atoms with van der Waals surface area (Å²) < 4.78 is 25.5. The number of likely N-dealkylation sites (tertiary alicyclic amines) is 1. The van der Waals surface area contributed by atoms with Crippen molar-refractivity contribution in [3.05, 3.63) is 94.2 Å². The van der Waals surface area contributed by atoms with Gasteiger partial charge in [0, 0.05) is 11.1 Å². The van der Waals surface area contributed by atoms with Gasteiger partial charge in [-0.1, -0.05) is 29.8 Å². The molecule has 1 saturated heterocycles. The molecule has 2 heterocycles. The summed E-state index contributed by atoms with van der Waals surface area (Å²) in [7, 11) is 0. The van der Waals surface area contributed by atoms with Crippen molar-refractivity contribution in [1.29, 1.82) is 0 Å². The fourth-order valence-corrected chi connectivity index (χ4v) is 3.95. The van der Waals surface area contributed by atoms with Gasteiger partial charge in [-0.05, 0) is 43.3 Å². The molecule has 1 aromatic heterocycles. The number of nitrogens with zero attached hydrogens (tertiary/aromatic N) is 1. The van der Waals surface area contributed by atoms with Gasteiger partial charge in [0.05, 0.1) is 36.1 Å². The first-order valence-corrected chi connectivity index (χ1v) is 10.3. The van der Waals surface area contributed by atoms with Gasteiger partial charge in [-0.15, -0.1) is 0 Å². The van der Waals surface area contributed by atoms with Crippen LogP contribution < -0.4 is 4.74 Å². The maximum absolute atomic E-state index is 14.8. The number of carbonyl (C=O) groups is 2. The number of benzene rings is 2. The van der Waals surface area contributed by atoms with E-state index in [1.54, 1.807) is 31.2 Å². The Hall–Kier alpha value is -3.58. The molecule has 0 aliphatic carbocycles. The molecule has 1 atom stereocenters. The summed E-state index contributed by atoms with van der Waals surface area (Å²) in [5.41, 5.74) is 0.0551. The molecule has 1 amide bonds. The first-order valence-electron chi connectivity index (χ1n) is 9.90. The fraction of sp³-hybridized carbons (Fsp3) is 0.167. The second-order valence-electron chi connectivity index (χ2n) is 7.11. The number of ether oxygens (including phenoxy) is 1. The zero-order chi connectivity index (χ0) is 22.8. The highest BCUT2D eigenvalue weighted by Crippen LogP contribution is 2.41. The summed E-state index contributed by atoms with van der Waals surface area (Å²) in [4.78, 5) is 27.1. The second-order valence-corrected chi connectivity index (χ2v) is 7.51. The van der Waals surface area contributed by atoms with E-state index in [-0.39, 0.29) is 28.3 Å².